The van der Waals surface area contributed by atoms with Gasteiger partial charge >= 0.3 is 5.97 Å². The van der Waals surface area contributed by atoms with Gasteiger partial charge in [-0.15, -0.1) is 0 Å². The molecule has 0 unspecified atom stereocenters. The lowest BCUT2D eigenvalue weighted by atomic mass is 10.5. The third-order valence-corrected chi connectivity index (χ3v) is 1.88. The van der Waals surface area contributed by atoms with Gasteiger partial charge in [0.1, 0.15) is 6.26 Å². The molecule has 0 saturated carbocycles. The topological polar surface area (TPSA) is 84.7 Å². The van der Waals surface area contributed by atoms with E-state index in [1.165, 1.54) is 11.2 Å². The summed E-state index contributed by atoms with van der Waals surface area (Å²) in [6.45, 7) is 2.02. The number of rotatable bonds is 5. The van der Waals surface area contributed by atoms with Crippen LogP contribution in [0.5, 0.6) is 0 Å². The quantitative estimate of drug-likeness (QED) is 0.749. The minimum Gasteiger partial charge on any atom is -0.461 e. The number of nitrogens with zero attached hydrogens (tertiary/aromatic N) is 2. The Labute approximate surface area is 98.7 Å². The number of hydrogen-bond acceptors (Lipinski definition) is 6. The zero-order chi connectivity index (χ0) is 12.8. The van der Waals surface area contributed by atoms with Crippen molar-refractivity contribution in [2.24, 2.45) is 0 Å². The molecule has 0 aliphatic heterocycles. The van der Waals surface area contributed by atoms with Crippen molar-refractivity contribution in [2.75, 3.05) is 32.6 Å². The molecule has 0 fully saturated rings. The molecule has 0 radical (unpaired) electrons. The highest BCUT2D eigenvalue weighted by Crippen LogP contribution is 2.08. The Kier molecular flexibility index (Phi) is 4.50. The molecule has 94 valence electrons. The van der Waals surface area contributed by atoms with Crippen LogP contribution >= 0.6 is 0 Å². The second kappa shape index (κ2) is 5.88. The summed E-state index contributed by atoms with van der Waals surface area (Å²) in [5.41, 5.74) is 0.0756. The van der Waals surface area contributed by atoms with Crippen molar-refractivity contribution in [1.29, 1.82) is 0 Å². The summed E-state index contributed by atoms with van der Waals surface area (Å²) >= 11 is 0. The number of esters is 1. The summed E-state index contributed by atoms with van der Waals surface area (Å²) in [4.78, 5) is 27.8. The van der Waals surface area contributed by atoms with Gasteiger partial charge in [0.25, 0.3) is 6.01 Å². The van der Waals surface area contributed by atoms with Gasteiger partial charge in [-0.2, -0.15) is 4.98 Å². The maximum Gasteiger partial charge on any atom is 0.360 e. The lowest BCUT2D eigenvalue weighted by Crippen LogP contribution is -2.28. The van der Waals surface area contributed by atoms with Crippen LogP contribution in [-0.4, -0.2) is 49.0 Å². The summed E-state index contributed by atoms with van der Waals surface area (Å²) in [5, 5.41) is 2.67. The molecule has 1 amide bonds. The average molecular weight is 241 g/mol. The molecule has 0 aliphatic rings. The number of ether oxygens (including phenoxy) is 1. The number of carbonyl (C=O) groups excluding carboxylic acids is 2. The van der Waals surface area contributed by atoms with Crippen LogP contribution in [0.25, 0.3) is 0 Å². The lowest BCUT2D eigenvalue weighted by Gasteiger charge is -2.09. The standard InChI is InChI=1S/C10H15N3O4/c1-4-16-9(15)7-6-17-10(12-7)11-5-8(14)13(2)3/h6H,4-5H2,1-3H3,(H,11,12). The normalized spacial score (nSPS) is 9.82. The number of carbonyl (C=O) groups is 2. The van der Waals surface area contributed by atoms with Crippen LogP contribution in [0.2, 0.25) is 0 Å². The number of likely N-dealkylation sites (N-methyl/N-ethyl adjacent to an activating group) is 1. The van der Waals surface area contributed by atoms with E-state index < -0.39 is 5.97 Å². The number of hydrogen-bond donors (Lipinski definition) is 1. The number of anilines is 1. The zero-order valence-electron chi connectivity index (χ0n) is 10.0. The number of oxazole rings is 1. The highest BCUT2D eigenvalue weighted by atomic mass is 16.5. The molecular weight excluding hydrogens is 226 g/mol. The fourth-order valence-electron chi connectivity index (χ4n) is 0.963. The van der Waals surface area contributed by atoms with Crippen LogP contribution in [0, 0.1) is 0 Å². The van der Waals surface area contributed by atoms with Gasteiger partial charge in [0.05, 0.1) is 13.2 Å². The third kappa shape index (κ3) is 3.78. The summed E-state index contributed by atoms with van der Waals surface area (Å²) in [5.74, 6) is -0.677. The van der Waals surface area contributed by atoms with Crippen LogP contribution in [0.3, 0.4) is 0 Å². The maximum absolute atomic E-state index is 11.3. The van der Waals surface area contributed by atoms with Crippen molar-refractivity contribution in [3.63, 3.8) is 0 Å². The Balaban J connectivity index is 2.51. The van der Waals surface area contributed by atoms with E-state index in [2.05, 4.69) is 10.3 Å². The van der Waals surface area contributed by atoms with E-state index in [0.29, 0.717) is 0 Å². The van der Waals surface area contributed by atoms with Gasteiger partial charge in [-0.25, -0.2) is 4.79 Å². The molecule has 17 heavy (non-hydrogen) atoms. The Morgan fingerprint density at radius 3 is 2.82 bits per heavy atom. The molecule has 1 rings (SSSR count). The van der Waals surface area contributed by atoms with E-state index in [1.54, 1.807) is 21.0 Å². The molecule has 1 heterocycles. The van der Waals surface area contributed by atoms with Gasteiger partial charge in [0.2, 0.25) is 5.91 Å². The Morgan fingerprint density at radius 2 is 2.24 bits per heavy atom. The molecule has 0 spiro atoms. The fourth-order valence-corrected chi connectivity index (χ4v) is 0.963. The monoisotopic (exact) mass is 241 g/mol. The largest absolute Gasteiger partial charge is 0.461 e. The summed E-state index contributed by atoms with van der Waals surface area (Å²) in [6, 6.07) is 0.114. The molecule has 1 aromatic rings. The van der Waals surface area contributed by atoms with Crippen molar-refractivity contribution in [2.45, 2.75) is 6.92 Å². The maximum atomic E-state index is 11.3. The Hall–Kier alpha value is -2.05. The molecule has 0 aromatic carbocycles. The predicted octanol–water partition coefficient (Wildman–Crippen LogP) is 0.351. The molecular formula is C10H15N3O4. The smallest absolute Gasteiger partial charge is 0.360 e. The highest BCUT2D eigenvalue weighted by Gasteiger charge is 2.13. The first kappa shape index (κ1) is 13.0. The van der Waals surface area contributed by atoms with Crippen molar-refractivity contribution < 1.29 is 18.7 Å². The second-order valence-corrected chi connectivity index (χ2v) is 3.40. The average Bonchev–Trinajstić information content (AvgIpc) is 2.74. The Morgan fingerprint density at radius 1 is 1.53 bits per heavy atom. The van der Waals surface area contributed by atoms with E-state index in [-0.39, 0.29) is 30.8 Å². The number of nitrogens with one attached hydrogen (secondary N) is 1. The van der Waals surface area contributed by atoms with Gasteiger partial charge in [-0.3, -0.25) is 4.79 Å². The van der Waals surface area contributed by atoms with E-state index in [9.17, 15) is 9.59 Å². The first-order valence-corrected chi connectivity index (χ1v) is 5.11. The van der Waals surface area contributed by atoms with Crippen molar-refractivity contribution in [1.82, 2.24) is 9.88 Å². The van der Waals surface area contributed by atoms with Crippen molar-refractivity contribution in [3.05, 3.63) is 12.0 Å². The van der Waals surface area contributed by atoms with Gasteiger partial charge in [-0.1, -0.05) is 0 Å². The van der Waals surface area contributed by atoms with Crippen LogP contribution in [0.1, 0.15) is 17.4 Å². The molecule has 0 bridgehead atoms. The second-order valence-electron chi connectivity index (χ2n) is 3.40. The van der Waals surface area contributed by atoms with Crippen molar-refractivity contribution >= 4 is 17.9 Å². The predicted molar refractivity (Wildman–Crippen MR) is 59.6 cm³/mol. The van der Waals surface area contributed by atoms with Gasteiger partial charge in [-0.05, 0) is 6.92 Å². The van der Waals surface area contributed by atoms with Crippen molar-refractivity contribution in [3.8, 4) is 0 Å². The molecule has 1 N–H and O–H groups in total. The van der Waals surface area contributed by atoms with Crippen LogP contribution < -0.4 is 5.32 Å². The summed E-state index contributed by atoms with van der Waals surface area (Å²) < 4.78 is 9.71. The molecule has 1 aromatic heterocycles. The summed E-state index contributed by atoms with van der Waals surface area (Å²) in [6.07, 6.45) is 1.18. The first-order chi connectivity index (χ1) is 8.04. The zero-order valence-corrected chi connectivity index (χ0v) is 10.0. The Bertz CT molecular complexity index is 400. The first-order valence-electron chi connectivity index (χ1n) is 5.11. The SMILES string of the molecule is CCOC(=O)c1coc(NCC(=O)N(C)C)n1. The van der Waals surface area contributed by atoms with E-state index in [1.807, 2.05) is 0 Å². The molecule has 7 heteroatoms. The molecule has 0 saturated heterocycles. The van der Waals surface area contributed by atoms with Crippen LogP contribution in [-0.2, 0) is 9.53 Å². The molecule has 7 nitrogen and oxygen atoms in total. The minimum absolute atomic E-state index is 0.0514. The molecule has 0 atom stereocenters. The highest BCUT2D eigenvalue weighted by molar-refractivity contribution is 5.87. The van der Waals surface area contributed by atoms with Gasteiger partial charge in [0.15, 0.2) is 5.69 Å². The van der Waals surface area contributed by atoms with E-state index in [0.717, 1.165) is 0 Å². The van der Waals surface area contributed by atoms with E-state index >= 15 is 0 Å². The van der Waals surface area contributed by atoms with Crippen LogP contribution in [0.15, 0.2) is 10.7 Å². The van der Waals surface area contributed by atoms with E-state index in [4.69, 9.17) is 9.15 Å². The van der Waals surface area contributed by atoms with Gasteiger partial charge < -0.3 is 19.4 Å². The summed E-state index contributed by atoms with van der Waals surface area (Å²) in [7, 11) is 3.28. The van der Waals surface area contributed by atoms with Crippen LogP contribution in [0.4, 0.5) is 6.01 Å². The van der Waals surface area contributed by atoms with Gasteiger partial charge in [0, 0.05) is 14.1 Å². The third-order valence-electron chi connectivity index (χ3n) is 1.88. The molecule has 0 aliphatic carbocycles. The minimum atomic E-state index is -0.553. The number of aromatic nitrogens is 1. The fraction of sp³-hybridized carbons (Fsp3) is 0.500. The lowest BCUT2D eigenvalue weighted by molar-refractivity contribution is -0.126. The number of amides is 1.